The van der Waals surface area contributed by atoms with E-state index in [1.165, 1.54) is 0 Å². The van der Waals surface area contributed by atoms with Gasteiger partial charge >= 0.3 is 0 Å². The molecule has 0 bridgehead atoms. The van der Waals surface area contributed by atoms with Crippen molar-refractivity contribution in [3.05, 3.63) is 36.4 Å². The minimum Gasteiger partial charge on any atom is -0.264 e. The maximum absolute atomic E-state index is 3.97. The highest BCUT2D eigenvalue weighted by molar-refractivity contribution is 6.01. The van der Waals surface area contributed by atoms with Crippen molar-refractivity contribution in [2.45, 2.75) is 0 Å². The molecule has 0 amide bonds. The van der Waals surface area contributed by atoms with Gasteiger partial charge in [0.05, 0.1) is 11.4 Å². The molecule has 2 rings (SSSR count). The molecule has 14 heavy (non-hydrogen) atoms. The molecule has 0 unspecified atom stereocenters. The van der Waals surface area contributed by atoms with E-state index in [1.807, 2.05) is 36.4 Å². The molecule has 2 aromatic rings. The quantitative estimate of drug-likeness (QED) is 0.635. The molecule has 0 radical (unpaired) electrons. The van der Waals surface area contributed by atoms with Crippen molar-refractivity contribution in [3.8, 4) is 0 Å². The van der Waals surface area contributed by atoms with E-state index in [9.17, 15) is 0 Å². The summed E-state index contributed by atoms with van der Waals surface area (Å²) in [6.45, 7) is 7.09. The van der Waals surface area contributed by atoms with Crippen LogP contribution in [0.4, 0.5) is 11.4 Å². The summed E-state index contributed by atoms with van der Waals surface area (Å²) in [6, 6.07) is 11.8. The molecular weight excluding hydrogens is 172 g/mol. The molecule has 2 heteroatoms. The fourth-order valence-corrected chi connectivity index (χ4v) is 1.57. The Morgan fingerprint density at radius 3 is 1.71 bits per heavy atom. The largest absolute Gasteiger partial charge is 0.264 e. The second-order valence-corrected chi connectivity index (χ2v) is 2.97. The van der Waals surface area contributed by atoms with Crippen molar-refractivity contribution in [2.24, 2.45) is 9.98 Å². The molecule has 0 heterocycles. The van der Waals surface area contributed by atoms with E-state index in [2.05, 4.69) is 23.4 Å². The Morgan fingerprint density at radius 1 is 0.786 bits per heavy atom. The molecule has 2 aromatic carbocycles. The fourth-order valence-electron chi connectivity index (χ4n) is 1.57. The van der Waals surface area contributed by atoms with Gasteiger partial charge in [-0.3, -0.25) is 9.98 Å². The number of hydrogen-bond acceptors (Lipinski definition) is 2. The van der Waals surface area contributed by atoms with Crippen LogP contribution in [0.25, 0.3) is 10.8 Å². The Morgan fingerprint density at radius 2 is 1.29 bits per heavy atom. The fraction of sp³-hybridized carbons (Fsp3) is 0. The molecule has 0 fully saturated rings. The lowest BCUT2D eigenvalue weighted by Crippen LogP contribution is -1.74. The maximum Gasteiger partial charge on any atom is 0.0722 e. The molecule has 0 saturated carbocycles. The lowest BCUT2D eigenvalue weighted by molar-refractivity contribution is 1.55. The van der Waals surface area contributed by atoms with Crippen LogP contribution in [0.3, 0.4) is 0 Å². The maximum atomic E-state index is 3.97. The third-order valence-corrected chi connectivity index (χ3v) is 2.20. The second-order valence-electron chi connectivity index (χ2n) is 2.97. The highest BCUT2D eigenvalue weighted by atomic mass is 14.7. The number of benzene rings is 2. The average molecular weight is 182 g/mol. The molecule has 0 aromatic heterocycles. The summed E-state index contributed by atoms with van der Waals surface area (Å²) in [5.41, 5.74) is 1.70. The first kappa shape index (κ1) is 8.63. The summed E-state index contributed by atoms with van der Waals surface area (Å²) in [6.07, 6.45) is 0. The normalized spacial score (nSPS) is 10.0. The first-order valence-electron chi connectivity index (χ1n) is 4.32. The first-order chi connectivity index (χ1) is 6.86. The molecule has 0 spiro atoms. The highest BCUT2D eigenvalue weighted by Crippen LogP contribution is 2.33. The SMILES string of the molecule is C=Nc1cccc2cccc(N=C)c12. The van der Waals surface area contributed by atoms with Crippen molar-refractivity contribution in [2.75, 3.05) is 0 Å². The summed E-state index contributed by atoms with van der Waals surface area (Å²) in [7, 11) is 0. The van der Waals surface area contributed by atoms with Gasteiger partial charge in [0.15, 0.2) is 0 Å². The van der Waals surface area contributed by atoms with Crippen LogP contribution in [0, 0.1) is 0 Å². The molecule has 2 nitrogen and oxygen atoms in total. The standard InChI is InChI=1S/C12H10N2/c1-13-10-7-3-5-9-6-4-8-11(14-2)12(9)10/h3-8H,1-2H2. The number of hydrogen-bond donors (Lipinski definition) is 0. The van der Waals surface area contributed by atoms with E-state index in [0.717, 1.165) is 22.1 Å². The van der Waals surface area contributed by atoms with Gasteiger partial charge in [-0.05, 0) is 31.0 Å². The Bertz CT molecular complexity index is 458. The second kappa shape index (κ2) is 3.42. The molecular formula is C12H10N2. The molecule has 0 N–H and O–H groups in total. The van der Waals surface area contributed by atoms with Crippen molar-refractivity contribution in [1.29, 1.82) is 0 Å². The van der Waals surface area contributed by atoms with Crippen LogP contribution in [0.1, 0.15) is 0 Å². The Labute approximate surface area is 82.6 Å². The number of nitrogens with zero attached hydrogens (tertiary/aromatic N) is 2. The first-order valence-corrected chi connectivity index (χ1v) is 4.32. The minimum absolute atomic E-state index is 0.852. The zero-order chi connectivity index (χ0) is 9.97. The van der Waals surface area contributed by atoms with E-state index in [1.54, 1.807) is 0 Å². The van der Waals surface area contributed by atoms with E-state index in [4.69, 9.17) is 0 Å². The van der Waals surface area contributed by atoms with E-state index in [0.29, 0.717) is 0 Å². The third-order valence-electron chi connectivity index (χ3n) is 2.20. The Balaban J connectivity index is 2.94. The van der Waals surface area contributed by atoms with Crippen LogP contribution in [0.15, 0.2) is 46.4 Å². The predicted molar refractivity (Wildman–Crippen MR) is 62.4 cm³/mol. The summed E-state index contributed by atoms with van der Waals surface area (Å²) < 4.78 is 0. The van der Waals surface area contributed by atoms with Crippen LogP contribution in [0.2, 0.25) is 0 Å². The topological polar surface area (TPSA) is 24.7 Å². The van der Waals surface area contributed by atoms with E-state index >= 15 is 0 Å². The van der Waals surface area contributed by atoms with Crippen LogP contribution >= 0.6 is 0 Å². The lowest BCUT2D eigenvalue weighted by Gasteiger charge is -2.03. The van der Waals surface area contributed by atoms with Crippen molar-refractivity contribution in [3.63, 3.8) is 0 Å². The van der Waals surface area contributed by atoms with Gasteiger partial charge in [0.25, 0.3) is 0 Å². The molecule has 0 aliphatic carbocycles. The summed E-state index contributed by atoms with van der Waals surface area (Å²) >= 11 is 0. The lowest BCUT2D eigenvalue weighted by atomic mass is 10.1. The third kappa shape index (κ3) is 1.21. The molecule has 0 atom stereocenters. The van der Waals surface area contributed by atoms with Gasteiger partial charge in [0.1, 0.15) is 0 Å². The monoisotopic (exact) mass is 182 g/mol. The number of aliphatic imine (C=N–C) groups is 2. The van der Waals surface area contributed by atoms with E-state index < -0.39 is 0 Å². The Hall–Kier alpha value is -1.96. The van der Waals surface area contributed by atoms with Gasteiger partial charge in [0, 0.05) is 5.39 Å². The smallest absolute Gasteiger partial charge is 0.0722 e. The summed E-state index contributed by atoms with van der Waals surface area (Å²) in [4.78, 5) is 7.94. The predicted octanol–water partition coefficient (Wildman–Crippen LogP) is 3.50. The van der Waals surface area contributed by atoms with Crippen LogP contribution in [-0.2, 0) is 0 Å². The van der Waals surface area contributed by atoms with Gasteiger partial charge in [-0.1, -0.05) is 24.3 Å². The number of fused-ring (bicyclic) bond motifs is 1. The van der Waals surface area contributed by atoms with Gasteiger partial charge in [-0.25, -0.2) is 0 Å². The van der Waals surface area contributed by atoms with Gasteiger partial charge < -0.3 is 0 Å². The van der Waals surface area contributed by atoms with Gasteiger partial charge in [-0.15, -0.1) is 0 Å². The molecule has 0 aliphatic rings. The van der Waals surface area contributed by atoms with Gasteiger partial charge in [-0.2, -0.15) is 0 Å². The van der Waals surface area contributed by atoms with Crippen LogP contribution in [-0.4, -0.2) is 13.4 Å². The van der Waals surface area contributed by atoms with Crippen molar-refractivity contribution >= 4 is 35.6 Å². The highest BCUT2D eigenvalue weighted by Gasteiger charge is 2.02. The van der Waals surface area contributed by atoms with Crippen molar-refractivity contribution < 1.29 is 0 Å². The van der Waals surface area contributed by atoms with Crippen molar-refractivity contribution in [1.82, 2.24) is 0 Å². The minimum atomic E-state index is 0.852. The molecule has 0 saturated heterocycles. The summed E-state index contributed by atoms with van der Waals surface area (Å²) in [5.74, 6) is 0. The average Bonchev–Trinajstić information content (AvgIpc) is 2.27. The zero-order valence-corrected chi connectivity index (χ0v) is 7.77. The van der Waals surface area contributed by atoms with Gasteiger partial charge in [0.2, 0.25) is 0 Å². The zero-order valence-electron chi connectivity index (χ0n) is 7.77. The molecule has 68 valence electrons. The number of rotatable bonds is 2. The van der Waals surface area contributed by atoms with Crippen LogP contribution in [0.5, 0.6) is 0 Å². The summed E-state index contributed by atoms with van der Waals surface area (Å²) in [5, 5.41) is 2.12. The van der Waals surface area contributed by atoms with Crippen LogP contribution < -0.4 is 0 Å². The Kier molecular flexibility index (Phi) is 2.11. The molecule has 0 aliphatic heterocycles. The van der Waals surface area contributed by atoms with E-state index in [-0.39, 0.29) is 0 Å².